The Labute approximate surface area is 111 Å². The summed E-state index contributed by atoms with van der Waals surface area (Å²) in [6.07, 6.45) is 1.59. The van der Waals surface area contributed by atoms with Crippen molar-refractivity contribution in [2.24, 2.45) is 0 Å². The van der Waals surface area contributed by atoms with Gasteiger partial charge in [0.05, 0.1) is 12.8 Å². The Kier molecular flexibility index (Phi) is 3.84. The van der Waals surface area contributed by atoms with Crippen LogP contribution in [-0.4, -0.2) is 12.1 Å². The predicted molar refractivity (Wildman–Crippen MR) is 73.7 cm³/mol. The number of benzene rings is 1. The summed E-state index contributed by atoms with van der Waals surface area (Å²) in [5.74, 6) is 0.754. The van der Waals surface area contributed by atoms with Crippen LogP contribution in [0.1, 0.15) is 11.3 Å². The molecule has 3 N–H and O–H groups in total. The van der Waals surface area contributed by atoms with E-state index in [0.717, 1.165) is 11.3 Å². The summed E-state index contributed by atoms with van der Waals surface area (Å²) in [6.45, 7) is 0.509. The van der Waals surface area contributed by atoms with E-state index in [4.69, 9.17) is 15.7 Å². The number of nitrogens with one attached hydrogen (secondary N) is 1. The Morgan fingerprint density at radius 1 is 1.42 bits per heavy atom. The van der Waals surface area contributed by atoms with Crippen LogP contribution in [0.4, 0.5) is 11.4 Å². The summed E-state index contributed by atoms with van der Waals surface area (Å²) in [6, 6.07) is 11.1. The number of nitrogens with two attached hydrogens (primary N) is 1. The van der Waals surface area contributed by atoms with Gasteiger partial charge in [-0.25, -0.2) is 4.98 Å². The second-order valence-electron chi connectivity index (χ2n) is 3.94. The molecule has 0 atom stereocenters. The first-order valence-electron chi connectivity index (χ1n) is 5.76. The summed E-state index contributed by atoms with van der Waals surface area (Å²) in [4.78, 5) is 3.99. The summed E-state index contributed by atoms with van der Waals surface area (Å²) in [7, 11) is 1.61. The summed E-state index contributed by atoms with van der Waals surface area (Å²) < 4.78 is 5.27. The Morgan fingerprint density at radius 3 is 3.00 bits per heavy atom. The molecular weight excluding hydrogens is 240 g/mol. The molecular formula is C14H14N4O. The van der Waals surface area contributed by atoms with Crippen LogP contribution in [0.5, 0.6) is 5.75 Å². The number of rotatable bonds is 4. The smallest absolute Gasteiger partial charge is 0.163 e. The van der Waals surface area contributed by atoms with Gasteiger partial charge in [-0.15, -0.1) is 0 Å². The highest BCUT2D eigenvalue weighted by molar-refractivity contribution is 5.55. The van der Waals surface area contributed by atoms with E-state index in [2.05, 4.69) is 10.3 Å². The lowest BCUT2D eigenvalue weighted by atomic mass is 10.1. The second kappa shape index (κ2) is 5.74. The van der Waals surface area contributed by atoms with Crippen LogP contribution in [-0.2, 0) is 6.54 Å². The fraction of sp³-hybridized carbons (Fsp3) is 0.143. The molecule has 19 heavy (non-hydrogen) atoms. The molecule has 0 aliphatic heterocycles. The van der Waals surface area contributed by atoms with Crippen molar-refractivity contribution < 1.29 is 4.74 Å². The van der Waals surface area contributed by atoms with Gasteiger partial charge in [0.1, 0.15) is 11.8 Å². The van der Waals surface area contributed by atoms with Gasteiger partial charge in [0, 0.05) is 24.0 Å². The van der Waals surface area contributed by atoms with E-state index < -0.39 is 0 Å². The van der Waals surface area contributed by atoms with Crippen LogP contribution in [0.25, 0.3) is 0 Å². The maximum Gasteiger partial charge on any atom is 0.163 e. The minimum absolute atomic E-state index is 0.366. The van der Waals surface area contributed by atoms with Crippen molar-refractivity contribution in [3.63, 3.8) is 0 Å². The molecule has 2 rings (SSSR count). The van der Waals surface area contributed by atoms with Crippen molar-refractivity contribution in [1.29, 1.82) is 5.26 Å². The molecule has 0 aliphatic carbocycles. The normalized spacial score (nSPS) is 9.68. The molecule has 0 saturated heterocycles. The topological polar surface area (TPSA) is 84.0 Å². The number of methoxy groups -OCH3 is 1. The Balaban J connectivity index is 2.19. The summed E-state index contributed by atoms with van der Waals surface area (Å²) in [5, 5.41) is 12.1. The molecule has 0 unspecified atom stereocenters. The van der Waals surface area contributed by atoms with Crippen molar-refractivity contribution in [2.75, 3.05) is 18.2 Å². The predicted octanol–water partition coefficient (Wildman–Crippen LogP) is 2.16. The van der Waals surface area contributed by atoms with Gasteiger partial charge in [-0.1, -0.05) is 0 Å². The highest BCUT2D eigenvalue weighted by Crippen LogP contribution is 2.22. The molecule has 0 amide bonds. The molecule has 0 spiro atoms. The first-order valence-corrected chi connectivity index (χ1v) is 5.76. The van der Waals surface area contributed by atoms with Gasteiger partial charge in [0.15, 0.2) is 5.69 Å². The van der Waals surface area contributed by atoms with Crippen LogP contribution >= 0.6 is 0 Å². The second-order valence-corrected chi connectivity index (χ2v) is 3.94. The first kappa shape index (κ1) is 12.7. The number of nitriles is 1. The molecule has 0 aliphatic rings. The van der Waals surface area contributed by atoms with Gasteiger partial charge in [0.25, 0.3) is 0 Å². The Hall–Kier alpha value is -2.74. The molecule has 0 radical (unpaired) electrons. The first-order chi connectivity index (χ1) is 9.24. The number of ether oxygens (including phenoxy) is 1. The summed E-state index contributed by atoms with van der Waals surface area (Å²) >= 11 is 0. The zero-order chi connectivity index (χ0) is 13.7. The van der Waals surface area contributed by atoms with Crippen molar-refractivity contribution >= 4 is 11.4 Å². The van der Waals surface area contributed by atoms with Gasteiger partial charge < -0.3 is 15.8 Å². The molecule has 5 heteroatoms. The van der Waals surface area contributed by atoms with Gasteiger partial charge in [0.2, 0.25) is 0 Å². The minimum atomic E-state index is 0.366. The fourth-order valence-electron chi connectivity index (χ4n) is 1.76. The van der Waals surface area contributed by atoms with E-state index >= 15 is 0 Å². The van der Waals surface area contributed by atoms with Crippen LogP contribution < -0.4 is 15.8 Å². The van der Waals surface area contributed by atoms with Crippen molar-refractivity contribution in [3.8, 4) is 11.8 Å². The van der Waals surface area contributed by atoms with Crippen molar-refractivity contribution in [1.82, 2.24) is 4.98 Å². The van der Waals surface area contributed by atoms with Gasteiger partial charge >= 0.3 is 0 Å². The third-order valence-corrected chi connectivity index (χ3v) is 2.69. The lowest BCUT2D eigenvalue weighted by Gasteiger charge is -2.11. The third-order valence-electron chi connectivity index (χ3n) is 2.69. The van der Waals surface area contributed by atoms with E-state index in [0.29, 0.717) is 23.6 Å². The molecule has 5 nitrogen and oxygen atoms in total. The monoisotopic (exact) mass is 254 g/mol. The van der Waals surface area contributed by atoms with E-state index in [1.165, 1.54) is 0 Å². The number of nitrogens with zero attached hydrogens (tertiary/aromatic N) is 2. The molecule has 1 aromatic heterocycles. The number of anilines is 2. The van der Waals surface area contributed by atoms with Gasteiger partial charge in [-0.05, 0) is 30.3 Å². The fourth-order valence-corrected chi connectivity index (χ4v) is 1.76. The molecule has 0 saturated carbocycles. The van der Waals surface area contributed by atoms with Gasteiger partial charge in [-0.3, -0.25) is 0 Å². The quantitative estimate of drug-likeness (QED) is 0.817. The SMILES string of the molecule is COc1ccc(N)cc1CNc1cccnc1C#N. The summed E-state index contributed by atoms with van der Waals surface area (Å²) in [5.41, 5.74) is 8.41. The Bertz CT molecular complexity index is 619. The Morgan fingerprint density at radius 2 is 2.26 bits per heavy atom. The largest absolute Gasteiger partial charge is 0.496 e. The van der Waals surface area contributed by atoms with E-state index in [9.17, 15) is 0 Å². The molecule has 96 valence electrons. The van der Waals surface area contributed by atoms with Crippen LogP contribution in [0.2, 0.25) is 0 Å². The van der Waals surface area contributed by atoms with E-state index in [-0.39, 0.29) is 0 Å². The highest BCUT2D eigenvalue weighted by Gasteiger charge is 2.06. The lowest BCUT2D eigenvalue weighted by Crippen LogP contribution is -2.04. The maximum absolute atomic E-state index is 8.96. The van der Waals surface area contributed by atoms with Crippen molar-refractivity contribution in [3.05, 3.63) is 47.8 Å². The van der Waals surface area contributed by atoms with Crippen LogP contribution in [0.15, 0.2) is 36.5 Å². The average molecular weight is 254 g/mol. The average Bonchev–Trinajstić information content (AvgIpc) is 2.45. The van der Waals surface area contributed by atoms with E-state index in [1.807, 2.05) is 24.3 Å². The highest BCUT2D eigenvalue weighted by atomic mass is 16.5. The molecule has 1 heterocycles. The molecule has 2 aromatic rings. The van der Waals surface area contributed by atoms with Crippen LogP contribution in [0, 0.1) is 11.3 Å². The van der Waals surface area contributed by atoms with E-state index in [1.54, 1.807) is 25.4 Å². The molecule has 0 fully saturated rings. The number of pyridine rings is 1. The standard InChI is InChI=1S/C14H14N4O/c1-19-14-5-4-11(16)7-10(14)9-18-12-3-2-6-17-13(12)8-15/h2-7,18H,9,16H2,1H3. The molecule has 1 aromatic carbocycles. The van der Waals surface area contributed by atoms with Gasteiger partial charge in [-0.2, -0.15) is 5.26 Å². The number of aromatic nitrogens is 1. The number of nitrogen functional groups attached to an aromatic ring is 1. The van der Waals surface area contributed by atoms with Crippen molar-refractivity contribution in [2.45, 2.75) is 6.54 Å². The lowest BCUT2D eigenvalue weighted by molar-refractivity contribution is 0.410. The maximum atomic E-state index is 8.96. The zero-order valence-corrected chi connectivity index (χ0v) is 10.6. The minimum Gasteiger partial charge on any atom is -0.496 e. The van der Waals surface area contributed by atoms with Crippen LogP contribution in [0.3, 0.4) is 0 Å². The molecule has 0 bridgehead atoms. The zero-order valence-electron chi connectivity index (χ0n) is 10.6. The third kappa shape index (κ3) is 2.93. The number of hydrogen-bond donors (Lipinski definition) is 2. The number of hydrogen-bond acceptors (Lipinski definition) is 5.